The highest BCUT2D eigenvalue weighted by atomic mass is 35.5. The summed E-state index contributed by atoms with van der Waals surface area (Å²) >= 11 is 5.79. The van der Waals surface area contributed by atoms with Gasteiger partial charge in [0.05, 0.1) is 4.92 Å². The summed E-state index contributed by atoms with van der Waals surface area (Å²) in [7, 11) is 0. The van der Waals surface area contributed by atoms with E-state index in [0.29, 0.717) is 10.6 Å². The Morgan fingerprint density at radius 1 is 1.12 bits per heavy atom. The second kappa shape index (κ2) is 7.58. The molecule has 0 bridgehead atoms. The van der Waals surface area contributed by atoms with Crippen molar-refractivity contribution in [2.45, 2.75) is 0 Å². The van der Waals surface area contributed by atoms with E-state index in [2.05, 4.69) is 15.5 Å². The second-order valence-electron chi connectivity index (χ2n) is 5.09. The molecule has 0 radical (unpaired) electrons. The topological polar surface area (TPSA) is 111 Å². The Hall–Kier alpha value is -3.52. The number of carbonyl (C=O) groups excluding carboxylic acids is 1. The molecule has 1 aromatic heterocycles. The van der Waals surface area contributed by atoms with Crippen LogP contribution in [0.3, 0.4) is 0 Å². The minimum atomic E-state index is -0.504. The lowest BCUT2D eigenvalue weighted by atomic mass is 10.2. The molecule has 0 saturated carbocycles. The van der Waals surface area contributed by atoms with Gasteiger partial charge in [0, 0.05) is 28.8 Å². The van der Waals surface area contributed by atoms with E-state index in [1.807, 2.05) is 0 Å². The second-order valence-corrected chi connectivity index (χ2v) is 5.53. The predicted octanol–water partition coefficient (Wildman–Crippen LogP) is 3.95. The monoisotopic (exact) mass is 370 g/mol. The molecule has 0 spiro atoms. The summed E-state index contributed by atoms with van der Waals surface area (Å²) < 4.78 is 5.33. The third kappa shape index (κ3) is 4.31. The van der Waals surface area contributed by atoms with E-state index in [-0.39, 0.29) is 17.6 Å². The van der Waals surface area contributed by atoms with Gasteiger partial charge in [0.15, 0.2) is 0 Å². The Morgan fingerprint density at radius 2 is 1.81 bits per heavy atom. The fourth-order valence-electron chi connectivity index (χ4n) is 2.01. The summed E-state index contributed by atoms with van der Waals surface area (Å²) in [5, 5.41) is 21.2. The molecule has 0 aliphatic carbocycles. The van der Waals surface area contributed by atoms with E-state index >= 15 is 0 Å². The molecule has 0 atom stereocenters. The Kier molecular flexibility index (Phi) is 5.04. The molecule has 0 saturated heterocycles. The number of nitrogens with one attached hydrogen (secondary N) is 1. The number of nitro groups is 1. The number of anilines is 1. The van der Waals surface area contributed by atoms with Crippen LogP contribution in [0, 0.1) is 10.1 Å². The standard InChI is InChI=1S/C17H11ClN4O4/c18-13-6-1-11(2-7-13)3-10-15(23)19-17-21-20-16(26-17)12-4-8-14(9-5-12)22(24)25/h1-10H,(H,19,21,23)/b10-3+. The van der Waals surface area contributed by atoms with Gasteiger partial charge >= 0.3 is 6.01 Å². The van der Waals surface area contributed by atoms with E-state index in [4.69, 9.17) is 16.0 Å². The maximum Gasteiger partial charge on any atom is 0.322 e. The molecule has 1 N–H and O–H groups in total. The highest BCUT2D eigenvalue weighted by Gasteiger charge is 2.12. The van der Waals surface area contributed by atoms with Gasteiger partial charge < -0.3 is 4.42 Å². The predicted molar refractivity (Wildman–Crippen MR) is 95.5 cm³/mol. The smallest absolute Gasteiger partial charge is 0.322 e. The molecule has 1 amide bonds. The Labute approximate surface area is 152 Å². The van der Waals surface area contributed by atoms with Gasteiger partial charge in [-0.1, -0.05) is 28.8 Å². The number of aromatic nitrogens is 2. The lowest BCUT2D eigenvalue weighted by Crippen LogP contribution is -2.07. The third-order valence-corrected chi connectivity index (χ3v) is 3.53. The molecule has 3 aromatic rings. The molecule has 1 heterocycles. The van der Waals surface area contributed by atoms with Gasteiger partial charge in [-0.25, -0.2) is 0 Å². The van der Waals surface area contributed by atoms with Gasteiger partial charge in [-0.15, -0.1) is 5.10 Å². The number of amides is 1. The third-order valence-electron chi connectivity index (χ3n) is 3.28. The van der Waals surface area contributed by atoms with Crippen molar-refractivity contribution in [2.75, 3.05) is 5.32 Å². The van der Waals surface area contributed by atoms with Crippen molar-refractivity contribution in [3.8, 4) is 11.5 Å². The van der Waals surface area contributed by atoms with Crippen LogP contribution >= 0.6 is 11.6 Å². The minimum Gasteiger partial charge on any atom is -0.403 e. The minimum absolute atomic E-state index is 0.0471. The number of halogens is 1. The fourth-order valence-corrected chi connectivity index (χ4v) is 2.13. The van der Waals surface area contributed by atoms with E-state index in [0.717, 1.165) is 5.56 Å². The van der Waals surface area contributed by atoms with Crippen molar-refractivity contribution < 1.29 is 14.1 Å². The van der Waals surface area contributed by atoms with E-state index in [1.54, 1.807) is 30.3 Å². The van der Waals surface area contributed by atoms with Crippen LogP contribution in [0.25, 0.3) is 17.5 Å². The van der Waals surface area contributed by atoms with Crippen molar-refractivity contribution in [2.24, 2.45) is 0 Å². The first kappa shape index (κ1) is 17.3. The Morgan fingerprint density at radius 3 is 2.46 bits per heavy atom. The van der Waals surface area contributed by atoms with Gasteiger partial charge in [0.25, 0.3) is 11.6 Å². The highest BCUT2D eigenvalue weighted by molar-refractivity contribution is 6.30. The van der Waals surface area contributed by atoms with Crippen molar-refractivity contribution in [1.82, 2.24) is 10.2 Å². The Balaban J connectivity index is 1.65. The summed E-state index contributed by atoms with van der Waals surface area (Å²) in [6, 6.07) is 12.5. The number of benzene rings is 2. The first-order valence-electron chi connectivity index (χ1n) is 7.34. The highest BCUT2D eigenvalue weighted by Crippen LogP contribution is 2.22. The normalized spacial score (nSPS) is 10.8. The van der Waals surface area contributed by atoms with Gasteiger partial charge in [-0.2, -0.15) is 0 Å². The first-order chi connectivity index (χ1) is 12.5. The zero-order valence-electron chi connectivity index (χ0n) is 13.1. The SMILES string of the molecule is O=C(/C=C/c1ccc(Cl)cc1)Nc1nnc(-c2ccc([N+](=O)[O-])cc2)o1. The summed E-state index contributed by atoms with van der Waals surface area (Å²) in [5.41, 5.74) is 1.26. The van der Waals surface area contributed by atoms with Crippen LogP contribution in [0.4, 0.5) is 11.7 Å². The summed E-state index contributed by atoms with van der Waals surface area (Å²) in [6.07, 6.45) is 2.93. The van der Waals surface area contributed by atoms with Crippen molar-refractivity contribution in [1.29, 1.82) is 0 Å². The first-order valence-corrected chi connectivity index (χ1v) is 7.72. The van der Waals surface area contributed by atoms with Crippen LogP contribution in [0.15, 0.2) is 59.0 Å². The molecule has 0 fully saturated rings. The molecule has 9 heteroatoms. The van der Waals surface area contributed by atoms with Gasteiger partial charge in [-0.05, 0) is 35.9 Å². The number of non-ortho nitro benzene ring substituents is 1. The summed E-state index contributed by atoms with van der Waals surface area (Å²) in [4.78, 5) is 22.0. The van der Waals surface area contributed by atoms with Crippen LogP contribution in [-0.2, 0) is 4.79 Å². The maximum atomic E-state index is 11.9. The number of nitrogens with zero attached hydrogens (tertiary/aromatic N) is 3. The van der Waals surface area contributed by atoms with Crippen molar-refractivity contribution >= 4 is 35.3 Å². The number of carbonyl (C=O) groups is 1. The average Bonchev–Trinajstić information content (AvgIpc) is 3.10. The molecule has 0 aliphatic heterocycles. The molecular weight excluding hydrogens is 360 g/mol. The van der Waals surface area contributed by atoms with Gasteiger partial charge in [0.1, 0.15) is 0 Å². The number of hydrogen-bond acceptors (Lipinski definition) is 6. The van der Waals surface area contributed by atoms with Crippen LogP contribution < -0.4 is 5.32 Å². The summed E-state index contributed by atoms with van der Waals surface area (Å²) in [6.45, 7) is 0. The zero-order valence-corrected chi connectivity index (χ0v) is 13.9. The van der Waals surface area contributed by atoms with E-state index < -0.39 is 10.8 Å². The zero-order chi connectivity index (χ0) is 18.5. The lowest BCUT2D eigenvalue weighted by Gasteiger charge is -1.96. The molecular formula is C17H11ClN4O4. The lowest BCUT2D eigenvalue weighted by molar-refractivity contribution is -0.384. The fraction of sp³-hybridized carbons (Fsp3) is 0. The number of rotatable bonds is 5. The molecule has 0 aliphatic rings. The van der Waals surface area contributed by atoms with Crippen molar-refractivity contribution in [3.05, 3.63) is 75.3 Å². The van der Waals surface area contributed by atoms with Crippen molar-refractivity contribution in [3.63, 3.8) is 0 Å². The molecule has 2 aromatic carbocycles. The van der Waals surface area contributed by atoms with E-state index in [9.17, 15) is 14.9 Å². The largest absolute Gasteiger partial charge is 0.403 e. The van der Waals surface area contributed by atoms with Crippen LogP contribution in [-0.4, -0.2) is 21.0 Å². The number of nitro benzene ring substituents is 1. The van der Waals surface area contributed by atoms with Crippen LogP contribution in [0.5, 0.6) is 0 Å². The summed E-state index contributed by atoms with van der Waals surface area (Å²) in [5.74, 6) is -0.310. The average molecular weight is 371 g/mol. The molecule has 26 heavy (non-hydrogen) atoms. The van der Waals surface area contributed by atoms with Crippen LogP contribution in [0.2, 0.25) is 5.02 Å². The number of hydrogen-bond donors (Lipinski definition) is 1. The van der Waals surface area contributed by atoms with Gasteiger partial charge in [-0.3, -0.25) is 20.2 Å². The quantitative estimate of drug-likeness (QED) is 0.413. The maximum absolute atomic E-state index is 11.9. The molecule has 3 rings (SSSR count). The Bertz CT molecular complexity index is 965. The molecule has 130 valence electrons. The van der Waals surface area contributed by atoms with Gasteiger partial charge in [0.2, 0.25) is 5.89 Å². The van der Waals surface area contributed by atoms with Crippen LogP contribution in [0.1, 0.15) is 5.56 Å². The molecule has 8 nitrogen and oxygen atoms in total. The van der Waals surface area contributed by atoms with E-state index in [1.165, 1.54) is 30.3 Å². The molecule has 0 unspecified atom stereocenters.